The molecule has 0 saturated heterocycles. The van der Waals surface area contributed by atoms with Gasteiger partial charge in [-0.15, -0.1) is 0 Å². The van der Waals surface area contributed by atoms with Crippen molar-refractivity contribution in [2.45, 2.75) is 82.5 Å². The number of rotatable bonds is 6. The van der Waals surface area contributed by atoms with E-state index in [0.717, 1.165) is 38.5 Å². The molecule has 2 aliphatic carbocycles. The molecule has 0 heterocycles. The van der Waals surface area contributed by atoms with E-state index < -0.39 is 17.6 Å². The fraction of sp³-hybridized carbons (Fsp3) is 0.867. The van der Waals surface area contributed by atoms with Crippen molar-refractivity contribution in [1.82, 2.24) is 5.32 Å². The molecule has 2 saturated carbocycles. The van der Waals surface area contributed by atoms with Crippen LogP contribution < -0.4 is 5.32 Å². The summed E-state index contributed by atoms with van der Waals surface area (Å²) >= 11 is 0. The van der Waals surface area contributed by atoms with Gasteiger partial charge in [-0.05, 0) is 32.1 Å². The number of aliphatic carboxylic acids is 1. The van der Waals surface area contributed by atoms with Gasteiger partial charge in [0.05, 0.1) is 6.10 Å². The number of nitrogens with one attached hydrogen (secondary N) is 1. The first-order chi connectivity index (χ1) is 9.57. The Morgan fingerprint density at radius 2 is 1.85 bits per heavy atom. The van der Waals surface area contributed by atoms with Crippen LogP contribution in [0.15, 0.2) is 0 Å². The average Bonchev–Trinajstić information content (AvgIpc) is 3.07. The Balaban J connectivity index is 1.95. The molecule has 2 fully saturated rings. The first-order valence-corrected chi connectivity index (χ1v) is 7.78. The van der Waals surface area contributed by atoms with Gasteiger partial charge in [0.25, 0.3) is 0 Å². The molecule has 1 amide bonds. The standard InChI is InChI=1S/C15H25NO4/c1-2-12(20-11-7-3-4-8-11)13(17)16-15(14(18)19)9-5-6-10-15/h11-12H,2-10H2,1H3,(H,16,17)(H,18,19). The summed E-state index contributed by atoms with van der Waals surface area (Å²) in [7, 11) is 0. The van der Waals surface area contributed by atoms with Gasteiger partial charge in [0, 0.05) is 0 Å². The summed E-state index contributed by atoms with van der Waals surface area (Å²) in [6.45, 7) is 1.90. The molecule has 0 aliphatic heterocycles. The summed E-state index contributed by atoms with van der Waals surface area (Å²) in [5.74, 6) is -1.18. The van der Waals surface area contributed by atoms with Crippen molar-refractivity contribution in [2.75, 3.05) is 0 Å². The van der Waals surface area contributed by atoms with Crippen molar-refractivity contribution in [3.63, 3.8) is 0 Å². The quantitative estimate of drug-likeness (QED) is 0.784. The highest BCUT2D eigenvalue weighted by molar-refractivity contribution is 5.89. The van der Waals surface area contributed by atoms with Gasteiger partial charge < -0.3 is 15.2 Å². The molecule has 1 unspecified atom stereocenters. The smallest absolute Gasteiger partial charge is 0.329 e. The van der Waals surface area contributed by atoms with E-state index >= 15 is 0 Å². The van der Waals surface area contributed by atoms with Gasteiger partial charge in [0.15, 0.2) is 0 Å². The van der Waals surface area contributed by atoms with Gasteiger partial charge in [0.1, 0.15) is 11.6 Å². The van der Waals surface area contributed by atoms with Crippen molar-refractivity contribution in [3.8, 4) is 0 Å². The average molecular weight is 283 g/mol. The Hall–Kier alpha value is -1.10. The Bertz CT molecular complexity index is 357. The van der Waals surface area contributed by atoms with Gasteiger partial charge in [-0.3, -0.25) is 4.79 Å². The van der Waals surface area contributed by atoms with Gasteiger partial charge in [-0.2, -0.15) is 0 Å². The van der Waals surface area contributed by atoms with Crippen LogP contribution in [-0.4, -0.2) is 34.7 Å². The topological polar surface area (TPSA) is 75.6 Å². The predicted molar refractivity (Wildman–Crippen MR) is 74.4 cm³/mol. The maximum atomic E-state index is 12.3. The largest absolute Gasteiger partial charge is 0.480 e. The van der Waals surface area contributed by atoms with Crippen LogP contribution in [0.2, 0.25) is 0 Å². The minimum Gasteiger partial charge on any atom is -0.480 e. The molecule has 0 spiro atoms. The summed E-state index contributed by atoms with van der Waals surface area (Å²) in [6, 6.07) is 0. The monoisotopic (exact) mass is 283 g/mol. The van der Waals surface area contributed by atoms with Crippen LogP contribution >= 0.6 is 0 Å². The van der Waals surface area contributed by atoms with E-state index in [0.29, 0.717) is 19.3 Å². The van der Waals surface area contributed by atoms with Crippen LogP contribution in [0, 0.1) is 0 Å². The van der Waals surface area contributed by atoms with Crippen LogP contribution in [0.3, 0.4) is 0 Å². The number of ether oxygens (including phenoxy) is 1. The zero-order valence-corrected chi connectivity index (χ0v) is 12.2. The normalized spacial score (nSPS) is 23.6. The van der Waals surface area contributed by atoms with Crippen molar-refractivity contribution in [1.29, 1.82) is 0 Å². The predicted octanol–water partition coefficient (Wildman–Crippen LogP) is 2.24. The maximum absolute atomic E-state index is 12.3. The lowest BCUT2D eigenvalue weighted by Gasteiger charge is -2.28. The van der Waals surface area contributed by atoms with Crippen LogP contribution in [-0.2, 0) is 14.3 Å². The fourth-order valence-electron chi connectivity index (χ4n) is 3.29. The van der Waals surface area contributed by atoms with E-state index in [1.807, 2.05) is 6.92 Å². The van der Waals surface area contributed by atoms with Crippen molar-refractivity contribution >= 4 is 11.9 Å². The zero-order chi connectivity index (χ0) is 14.6. The van der Waals surface area contributed by atoms with Crippen molar-refractivity contribution in [2.24, 2.45) is 0 Å². The van der Waals surface area contributed by atoms with Crippen molar-refractivity contribution in [3.05, 3.63) is 0 Å². The second-order valence-corrected chi connectivity index (χ2v) is 6.02. The Morgan fingerprint density at radius 1 is 1.25 bits per heavy atom. The van der Waals surface area contributed by atoms with E-state index in [-0.39, 0.29) is 12.0 Å². The lowest BCUT2D eigenvalue weighted by atomic mass is 9.97. The third-order valence-electron chi connectivity index (χ3n) is 4.55. The summed E-state index contributed by atoms with van der Waals surface area (Å²) in [5.41, 5.74) is -1.07. The van der Waals surface area contributed by atoms with E-state index in [1.165, 1.54) is 0 Å². The molecule has 1 atom stereocenters. The molecule has 114 valence electrons. The molecule has 2 N–H and O–H groups in total. The van der Waals surface area contributed by atoms with E-state index in [1.54, 1.807) is 0 Å². The van der Waals surface area contributed by atoms with Crippen LogP contribution in [0.5, 0.6) is 0 Å². The summed E-state index contributed by atoms with van der Waals surface area (Å²) in [5, 5.41) is 12.1. The number of hydrogen-bond donors (Lipinski definition) is 2. The lowest BCUT2D eigenvalue weighted by molar-refractivity contribution is -0.151. The highest BCUT2D eigenvalue weighted by Crippen LogP contribution is 2.30. The van der Waals surface area contributed by atoms with Crippen LogP contribution in [0.25, 0.3) is 0 Å². The Labute approximate surface area is 120 Å². The first-order valence-electron chi connectivity index (χ1n) is 7.78. The van der Waals surface area contributed by atoms with Gasteiger partial charge in [-0.25, -0.2) is 4.79 Å². The molecule has 0 aromatic carbocycles. The molecule has 5 heteroatoms. The third kappa shape index (κ3) is 3.32. The fourth-order valence-corrected chi connectivity index (χ4v) is 3.29. The molecule has 0 bridgehead atoms. The van der Waals surface area contributed by atoms with E-state index in [4.69, 9.17) is 4.74 Å². The summed E-state index contributed by atoms with van der Waals surface area (Å²) < 4.78 is 5.85. The summed E-state index contributed by atoms with van der Waals surface area (Å²) in [4.78, 5) is 23.8. The minimum absolute atomic E-state index is 0.162. The molecule has 20 heavy (non-hydrogen) atoms. The molecule has 0 radical (unpaired) electrons. The Kier molecular flexibility index (Phi) is 5.02. The van der Waals surface area contributed by atoms with E-state index in [2.05, 4.69) is 5.32 Å². The van der Waals surface area contributed by atoms with Gasteiger partial charge in [-0.1, -0.05) is 32.6 Å². The number of carbonyl (C=O) groups excluding carboxylic acids is 1. The number of carboxylic acid groups (broad SMARTS) is 1. The first kappa shape index (κ1) is 15.3. The number of amides is 1. The van der Waals surface area contributed by atoms with E-state index in [9.17, 15) is 14.7 Å². The number of carbonyl (C=O) groups is 2. The molecule has 5 nitrogen and oxygen atoms in total. The summed E-state index contributed by atoms with van der Waals surface area (Å²) in [6.07, 6.45) is 7.30. The third-order valence-corrected chi connectivity index (χ3v) is 4.55. The van der Waals surface area contributed by atoms with Crippen LogP contribution in [0.1, 0.15) is 64.7 Å². The second-order valence-electron chi connectivity index (χ2n) is 6.02. The second kappa shape index (κ2) is 6.57. The Morgan fingerprint density at radius 3 is 2.35 bits per heavy atom. The number of carboxylic acids is 1. The van der Waals surface area contributed by atoms with Gasteiger partial charge >= 0.3 is 5.97 Å². The molecule has 2 rings (SSSR count). The highest BCUT2D eigenvalue weighted by atomic mass is 16.5. The highest BCUT2D eigenvalue weighted by Gasteiger charge is 2.43. The molecular weight excluding hydrogens is 258 g/mol. The molecular formula is C15H25NO4. The van der Waals surface area contributed by atoms with Crippen LogP contribution in [0.4, 0.5) is 0 Å². The molecule has 0 aromatic heterocycles. The van der Waals surface area contributed by atoms with Crippen molar-refractivity contribution < 1.29 is 19.4 Å². The SMILES string of the molecule is CCC(OC1CCCC1)C(=O)NC1(C(=O)O)CCCC1. The number of hydrogen-bond acceptors (Lipinski definition) is 3. The maximum Gasteiger partial charge on any atom is 0.329 e. The minimum atomic E-state index is -1.07. The zero-order valence-electron chi connectivity index (χ0n) is 12.2. The molecule has 0 aromatic rings. The lowest BCUT2D eigenvalue weighted by Crippen LogP contribution is -2.55. The molecule has 2 aliphatic rings. The van der Waals surface area contributed by atoms with Gasteiger partial charge in [0.2, 0.25) is 5.91 Å².